The fourth-order valence-electron chi connectivity index (χ4n) is 6.15. The van der Waals surface area contributed by atoms with E-state index in [1.54, 1.807) is 13.8 Å². The average Bonchev–Trinajstić information content (AvgIpc) is 3.26. The minimum atomic E-state index is -4.40. The molecule has 0 radical (unpaired) electrons. The molecule has 2 unspecified atom stereocenters. The fourth-order valence-corrected chi connectivity index (χ4v) is 7.78. The predicted octanol–water partition coefficient (Wildman–Crippen LogP) is 3.43. The number of non-ortho nitro benzene ring substituents is 2. The van der Waals surface area contributed by atoms with Crippen LogP contribution in [0.15, 0.2) is 139 Å². The molecule has 0 aliphatic heterocycles. The van der Waals surface area contributed by atoms with Gasteiger partial charge in [0.2, 0.25) is 0 Å². The SMILES string of the molecule is Cc1ccc(S(=O)(=O)N/N=C(/c2nc3ccc([N+](=O)[O-])cc3[nH]c2=O)C(O)c2ccc(C(O)/C(=N\NS(=O)(=O)c3ccc(C)cc3)c3nc4ccc([N+](=O)[O-])cc4[nH]c3=O)cc2)cc1. The van der Waals surface area contributed by atoms with Gasteiger partial charge < -0.3 is 20.2 Å². The van der Waals surface area contributed by atoms with E-state index >= 15 is 0 Å². The van der Waals surface area contributed by atoms with Crippen molar-refractivity contribution in [2.45, 2.75) is 35.8 Å². The summed E-state index contributed by atoms with van der Waals surface area (Å²) >= 11 is 0. The number of aliphatic hydroxyl groups is 2. The predicted molar refractivity (Wildman–Crippen MR) is 230 cm³/mol. The number of nitrogens with one attached hydrogen (secondary N) is 4. The summed E-state index contributed by atoms with van der Waals surface area (Å²) in [7, 11) is -8.80. The molecule has 0 aliphatic carbocycles. The Morgan fingerprint density at radius 2 is 0.938 bits per heavy atom. The van der Waals surface area contributed by atoms with Gasteiger partial charge in [0.15, 0.2) is 11.4 Å². The van der Waals surface area contributed by atoms with Gasteiger partial charge in [0.05, 0.1) is 41.7 Å². The number of hydrogen-bond donors (Lipinski definition) is 6. The van der Waals surface area contributed by atoms with E-state index in [4.69, 9.17) is 0 Å². The Kier molecular flexibility index (Phi) is 11.9. The van der Waals surface area contributed by atoms with Crippen LogP contribution in [0.1, 0.15) is 45.8 Å². The van der Waals surface area contributed by atoms with E-state index in [1.807, 2.05) is 9.66 Å². The summed E-state index contributed by atoms with van der Waals surface area (Å²) in [6.07, 6.45) is -3.86. The van der Waals surface area contributed by atoms with Crippen LogP contribution >= 0.6 is 0 Å². The molecule has 0 fully saturated rings. The third-order valence-electron chi connectivity index (χ3n) is 9.58. The highest BCUT2D eigenvalue weighted by Crippen LogP contribution is 2.25. The summed E-state index contributed by atoms with van der Waals surface area (Å²) in [5, 5.41) is 54.1. The van der Waals surface area contributed by atoms with Crippen molar-refractivity contribution in [3.63, 3.8) is 0 Å². The molecule has 0 amide bonds. The smallest absolute Gasteiger partial charge is 0.276 e. The Bertz CT molecular complexity index is 3190. The molecule has 7 aromatic rings. The maximum Gasteiger partial charge on any atom is 0.276 e. The normalized spacial score (nSPS) is 13.4. The Hall–Kier alpha value is -8.06. The molecule has 6 N–H and O–H groups in total. The zero-order valence-corrected chi connectivity index (χ0v) is 34.7. The number of sulfonamides is 2. The number of aryl methyl sites for hydroxylation is 2. The van der Waals surface area contributed by atoms with Crippen molar-refractivity contribution in [2.75, 3.05) is 0 Å². The van der Waals surface area contributed by atoms with Gasteiger partial charge >= 0.3 is 0 Å². The van der Waals surface area contributed by atoms with Crippen molar-refractivity contribution < 1.29 is 36.9 Å². The lowest BCUT2D eigenvalue weighted by molar-refractivity contribution is -0.384. The molecule has 5 aromatic carbocycles. The summed E-state index contributed by atoms with van der Waals surface area (Å²) in [5.74, 6) is 0. The lowest BCUT2D eigenvalue weighted by Gasteiger charge is -2.17. The van der Waals surface area contributed by atoms with Crippen LogP contribution in [0, 0.1) is 34.1 Å². The van der Waals surface area contributed by atoms with Gasteiger partial charge in [-0.15, -0.1) is 0 Å². The molecule has 326 valence electrons. The number of nitrogens with zero attached hydrogens (tertiary/aromatic N) is 6. The van der Waals surface area contributed by atoms with Gasteiger partial charge in [-0.05, 0) is 61.4 Å². The first kappa shape index (κ1) is 44.0. The molecule has 64 heavy (non-hydrogen) atoms. The molecule has 2 heterocycles. The van der Waals surface area contributed by atoms with E-state index < -0.39 is 76.0 Å². The van der Waals surface area contributed by atoms with Gasteiger partial charge in [0.25, 0.3) is 42.5 Å². The zero-order valence-electron chi connectivity index (χ0n) is 33.0. The summed E-state index contributed by atoms with van der Waals surface area (Å²) < 4.78 is 53.1. The van der Waals surface area contributed by atoms with Gasteiger partial charge in [-0.3, -0.25) is 29.8 Å². The molecule has 0 aliphatic rings. The van der Waals surface area contributed by atoms with Crippen LogP contribution in [-0.4, -0.2) is 68.3 Å². The van der Waals surface area contributed by atoms with E-state index in [0.717, 1.165) is 35.4 Å². The molecule has 0 saturated carbocycles. The first-order valence-electron chi connectivity index (χ1n) is 18.5. The molecular formula is C40H32N10O12S2. The lowest BCUT2D eigenvalue weighted by atomic mass is 9.97. The molecular weight excluding hydrogens is 877 g/mol. The highest BCUT2D eigenvalue weighted by atomic mass is 32.2. The fraction of sp³-hybridized carbons (Fsp3) is 0.100. The first-order chi connectivity index (χ1) is 30.3. The van der Waals surface area contributed by atoms with Gasteiger partial charge in [-0.1, -0.05) is 59.7 Å². The number of H-pyrrole nitrogens is 2. The number of hydrazone groups is 2. The van der Waals surface area contributed by atoms with Crippen molar-refractivity contribution in [3.8, 4) is 0 Å². The van der Waals surface area contributed by atoms with Gasteiger partial charge in [-0.25, -0.2) is 9.97 Å². The van der Waals surface area contributed by atoms with E-state index in [2.05, 4.69) is 30.1 Å². The second kappa shape index (κ2) is 17.4. The monoisotopic (exact) mass is 908 g/mol. The number of benzene rings is 5. The number of aromatic amines is 2. The molecule has 0 spiro atoms. The number of hydrogen-bond acceptors (Lipinski definition) is 16. The summed E-state index contributed by atoms with van der Waals surface area (Å²) in [5.41, 5.74) is -3.79. The Morgan fingerprint density at radius 1 is 0.594 bits per heavy atom. The Morgan fingerprint density at radius 3 is 1.27 bits per heavy atom. The molecule has 2 aromatic heterocycles. The maximum atomic E-state index is 13.5. The number of aromatic nitrogens is 4. The summed E-state index contributed by atoms with van der Waals surface area (Å²) in [6, 6.07) is 23.1. The Labute approximate surface area is 360 Å². The van der Waals surface area contributed by atoms with E-state index in [0.29, 0.717) is 0 Å². The van der Waals surface area contributed by atoms with Crippen molar-refractivity contribution in [1.82, 2.24) is 29.6 Å². The molecule has 0 saturated heterocycles. The highest BCUT2D eigenvalue weighted by Gasteiger charge is 2.28. The van der Waals surface area contributed by atoms with Crippen LogP contribution in [0.4, 0.5) is 11.4 Å². The standard InChI is InChI=1S/C40H32N10O12S2/c1-21-3-13-27(14-4-21)63(59,60)47-45-33(35-39(53)43-31-19-25(49(55)56)11-17-29(31)41-35)37(51)23-7-9-24(10-8-23)38(52)34(46-48-64(61,62)28-15-5-22(2)6-16-28)36-40(54)44-32-20-26(50(57)58)12-18-30(32)42-36/h3-20,37-38,47-48,51-52H,1-2H3,(H,43,53)(H,44,54)/b45-33-,46-34-. The second-order valence-corrected chi connectivity index (χ2v) is 17.3. The topological polar surface area (TPSA) is 335 Å². The lowest BCUT2D eigenvalue weighted by Crippen LogP contribution is -2.30. The molecule has 7 rings (SSSR count). The number of nitro benzene ring substituents is 2. The number of fused-ring (bicyclic) bond motifs is 2. The number of nitro groups is 2. The largest absolute Gasteiger partial charge is 0.382 e. The average molecular weight is 909 g/mol. The number of aliphatic hydroxyl groups excluding tert-OH is 2. The van der Waals surface area contributed by atoms with Crippen LogP contribution < -0.4 is 20.8 Å². The second-order valence-electron chi connectivity index (χ2n) is 14.0. The molecule has 0 bridgehead atoms. The van der Waals surface area contributed by atoms with Gasteiger partial charge in [-0.2, -0.15) is 36.7 Å². The van der Waals surface area contributed by atoms with Gasteiger partial charge in [0, 0.05) is 24.3 Å². The van der Waals surface area contributed by atoms with E-state index in [-0.39, 0.29) is 54.4 Å². The van der Waals surface area contributed by atoms with Crippen molar-refractivity contribution in [1.29, 1.82) is 0 Å². The molecule has 24 heteroatoms. The van der Waals surface area contributed by atoms with Crippen LogP contribution in [0.5, 0.6) is 0 Å². The van der Waals surface area contributed by atoms with Crippen molar-refractivity contribution in [2.24, 2.45) is 10.2 Å². The molecule has 2 atom stereocenters. The summed E-state index contributed by atoms with van der Waals surface area (Å²) in [4.78, 5) is 65.2. The third-order valence-corrected chi connectivity index (χ3v) is 12.0. The van der Waals surface area contributed by atoms with Crippen molar-refractivity contribution in [3.05, 3.63) is 184 Å². The van der Waals surface area contributed by atoms with Crippen LogP contribution in [-0.2, 0) is 20.0 Å². The van der Waals surface area contributed by atoms with Crippen LogP contribution in [0.25, 0.3) is 22.1 Å². The minimum absolute atomic E-state index is 0.0142. The Balaban J connectivity index is 1.29. The maximum absolute atomic E-state index is 13.5. The number of rotatable bonds is 14. The van der Waals surface area contributed by atoms with Crippen LogP contribution in [0.2, 0.25) is 0 Å². The van der Waals surface area contributed by atoms with Crippen LogP contribution in [0.3, 0.4) is 0 Å². The zero-order chi connectivity index (χ0) is 46.1. The summed E-state index contributed by atoms with van der Waals surface area (Å²) in [6.45, 7) is 3.48. The van der Waals surface area contributed by atoms with Gasteiger partial charge in [0.1, 0.15) is 23.6 Å². The minimum Gasteiger partial charge on any atom is -0.382 e. The third kappa shape index (κ3) is 9.24. The molecule has 22 nitrogen and oxygen atoms in total. The highest BCUT2D eigenvalue weighted by molar-refractivity contribution is 7.89. The van der Waals surface area contributed by atoms with E-state index in [1.165, 1.54) is 84.9 Å². The first-order valence-corrected chi connectivity index (χ1v) is 21.4. The van der Waals surface area contributed by atoms with Crippen molar-refractivity contribution >= 4 is 64.9 Å². The quantitative estimate of drug-likeness (QED) is 0.0518. The van der Waals surface area contributed by atoms with E-state index in [9.17, 15) is 56.9 Å².